The van der Waals surface area contributed by atoms with Crippen molar-refractivity contribution in [2.24, 2.45) is 0 Å². The summed E-state index contributed by atoms with van der Waals surface area (Å²) in [6.07, 6.45) is 2.04. The van der Waals surface area contributed by atoms with Crippen molar-refractivity contribution in [1.29, 1.82) is 0 Å². The third-order valence-electron chi connectivity index (χ3n) is 4.45. The minimum absolute atomic E-state index is 0.192. The highest BCUT2D eigenvalue weighted by Crippen LogP contribution is 2.31. The third kappa shape index (κ3) is 6.02. The fourth-order valence-corrected chi connectivity index (χ4v) is 4.73. The fraction of sp³-hybridized carbons (Fsp3) is 0.316. The number of sulfonamides is 2. The number of methoxy groups -OCH3 is 1. The number of carbonyl (C=O) groups excluding carboxylic acids is 1. The van der Waals surface area contributed by atoms with E-state index in [2.05, 4.69) is 5.32 Å². The van der Waals surface area contributed by atoms with Crippen molar-refractivity contribution in [2.75, 3.05) is 40.6 Å². The zero-order valence-electron chi connectivity index (χ0n) is 17.7. The predicted molar refractivity (Wildman–Crippen MR) is 123 cm³/mol. The summed E-state index contributed by atoms with van der Waals surface area (Å²) in [6, 6.07) is 9.45. The first-order valence-corrected chi connectivity index (χ1v) is 13.0. The molecule has 31 heavy (non-hydrogen) atoms. The minimum Gasteiger partial charge on any atom is -0.495 e. The molecule has 0 heterocycles. The molecule has 0 aliphatic heterocycles. The Hall–Kier alpha value is -2.50. The zero-order valence-corrected chi connectivity index (χ0v) is 20.0. The predicted octanol–water partition coefficient (Wildman–Crippen LogP) is 2.54. The van der Waals surface area contributed by atoms with E-state index in [9.17, 15) is 21.6 Å². The van der Waals surface area contributed by atoms with Crippen LogP contribution >= 0.6 is 11.6 Å². The normalized spacial score (nSPS) is 12.7. The summed E-state index contributed by atoms with van der Waals surface area (Å²) in [7, 11) is -4.51. The lowest BCUT2D eigenvalue weighted by molar-refractivity contribution is -0.116. The molecule has 0 aliphatic carbocycles. The van der Waals surface area contributed by atoms with Crippen molar-refractivity contribution in [3.8, 4) is 5.75 Å². The van der Waals surface area contributed by atoms with Gasteiger partial charge in [0.05, 0.1) is 36.0 Å². The van der Waals surface area contributed by atoms with Gasteiger partial charge < -0.3 is 10.1 Å². The molecule has 2 aromatic carbocycles. The maximum Gasteiger partial charge on any atom is 0.247 e. The van der Waals surface area contributed by atoms with Gasteiger partial charge in [0.2, 0.25) is 26.0 Å². The second-order valence-corrected chi connectivity index (χ2v) is 11.1. The largest absolute Gasteiger partial charge is 0.495 e. The Labute approximate surface area is 187 Å². The smallest absolute Gasteiger partial charge is 0.247 e. The molecule has 0 saturated carbocycles. The van der Waals surface area contributed by atoms with Gasteiger partial charge in [0.25, 0.3) is 0 Å². The van der Waals surface area contributed by atoms with Crippen LogP contribution in [0.25, 0.3) is 0 Å². The van der Waals surface area contributed by atoms with Gasteiger partial charge in [-0.3, -0.25) is 13.4 Å². The molecule has 0 spiro atoms. The number of benzene rings is 2. The van der Waals surface area contributed by atoms with Gasteiger partial charge >= 0.3 is 0 Å². The average molecular weight is 490 g/mol. The van der Waals surface area contributed by atoms with Gasteiger partial charge in [-0.25, -0.2) is 16.8 Å². The quantitative estimate of drug-likeness (QED) is 0.609. The van der Waals surface area contributed by atoms with Crippen molar-refractivity contribution in [3.63, 3.8) is 0 Å². The highest BCUT2D eigenvalue weighted by molar-refractivity contribution is 7.92. The van der Waals surface area contributed by atoms with Crippen LogP contribution in [-0.4, -0.2) is 55.5 Å². The van der Waals surface area contributed by atoms with Crippen molar-refractivity contribution in [3.05, 3.63) is 47.5 Å². The van der Waals surface area contributed by atoms with E-state index in [4.69, 9.17) is 16.3 Å². The Balaban J connectivity index is 2.34. The molecule has 0 bridgehead atoms. The Morgan fingerprint density at radius 3 is 2.19 bits per heavy atom. The van der Waals surface area contributed by atoms with Gasteiger partial charge in [0.15, 0.2) is 0 Å². The molecule has 1 atom stereocenters. The molecule has 0 aliphatic rings. The number of rotatable bonds is 8. The molecular weight excluding hydrogens is 466 g/mol. The van der Waals surface area contributed by atoms with Crippen molar-refractivity contribution in [1.82, 2.24) is 0 Å². The molecular formula is C19H24ClN3O6S2. The van der Waals surface area contributed by atoms with E-state index in [1.807, 2.05) is 0 Å². The lowest BCUT2D eigenvalue weighted by Crippen LogP contribution is -2.45. The standard InChI is InChI=1S/C19H24ClN3O6S2/c1-13(23(31(5,27)28)16-9-10-18(29-3)17(20)12-16)19(24)21-14-7-6-8-15(11-14)22(2)30(4,25)26/h6-13H,1-5H3,(H,21,24)/t13-/m0/s1. The summed E-state index contributed by atoms with van der Waals surface area (Å²) in [5.74, 6) is -0.251. The molecule has 0 fully saturated rings. The van der Waals surface area contributed by atoms with Gasteiger partial charge in [0, 0.05) is 12.7 Å². The van der Waals surface area contributed by atoms with Gasteiger partial charge in [-0.1, -0.05) is 17.7 Å². The molecule has 0 aromatic heterocycles. The van der Waals surface area contributed by atoms with Crippen LogP contribution in [0.3, 0.4) is 0 Å². The minimum atomic E-state index is -3.85. The molecule has 170 valence electrons. The van der Waals surface area contributed by atoms with Crippen LogP contribution in [0.2, 0.25) is 5.02 Å². The van der Waals surface area contributed by atoms with Gasteiger partial charge in [-0.05, 0) is 43.3 Å². The molecule has 2 aromatic rings. The van der Waals surface area contributed by atoms with Gasteiger partial charge in [-0.15, -0.1) is 0 Å². The maximum absolute atomic E-state index is 12.9. The number of carbonyl (C=O) groups is 1. The first-order chi connectivity index (χ1) is 14.3. The topological polar surface area (TPSA) is 113 Å². The van der Waals surface area contributed by atoms with Crippen LogP contribution in [-0.2, 0) is 24.8 Å². The summed E-state index contributed by atoms with van der Waals surface area (Å²) in [4.78, 5) is 12.9. The van der Waals surface area contributed by atoms with E-state index in [-0.39, 0.29) is 10.7 Å². The number of anilines is 3. The molecule has 0 radical (unpaired) electrons. The van der Waals surface area contributed by atoms with E-state index in [0.29, 0.717) is 17.1 Å². The van der Waals surface area contributed by atoms with Crippen molar-refractivity contribution in [2.45, 2.75) is 13.0 Å². The van der Waals surface area contributed by atoms with E-state index < -0.39 is 32.0 Å². The van der Waals surface area contributed by atoms with Crippen LogP contribution in [0, 0.1) is 0 Å². The average Bonchev–Trinajstić information content (AvgIpc) is 2.66. The number of nitrogens with one attached hydrogen (secondary N) is 1. The summed E-state index contributed by atoms with van der Waals surface area (Å²) in [6.45, 7) is 1.43. The maximum atomic E-state index is 12.9. The Kier molecular flexibility index (Phi) is 7.45. The van der Waals surface area contributed by atoms with Crippen LogP contribution in [0.4, 0.5) is 17.1 Å². The lowest BCUT2D eigenvalue weighted by Gasteiger charge is -2.28. The number of amides is 1. The second-order valence-electron chi connectivity index (χ2n) is 6.82. The molecule has 9 nitrogen and oxygen atoms in total. The Morgan fingerprint density at radius 1 is 1.03 bits per heavy atom. The highest BCUT2D eigenvalue weighted by Gasteiger charge is 2.30. The van der Waals surface area contributed by atoms with Crippen LogP contribution in [0.5, 0.6) is 5.75 Å². The Bertz CT molecular complexity index is 1180. The third-order valence-corrected chi connectivity index (χ3v) is 7.20. The summed E-state index contributed by atoms with van der Waals surface area (Å²) in [5, 5.41) is 2.82. The molecule has 1 amide bonds. The fourth-order valence-electron chi connectivity index (χ4n) is 2.82. The zero-order chi connectivity index (χ0) is 23.6. The van der Waals surface area contributed by atoms with E-state index in [1.54, 1.807) is 18.2 Å². The van der Waals surface area contributed by atoms with Crippen LogP contribution < -0.4 is 18.7 Å². The number of ether oxygens (including phenoxy) is 1. The number of nitrogens with zero attached hydrogens (tertiary/aromatic N) is 2. The van der Waals surface area contributed by atoms with Gasteiger partial charge in [0.1, 0.15) is 11.8 Å². The van der Waals surface area contributed by atoms with Crippen LogP contribution in [0.1, 0.15) is 6.92 Å². The molecule has 12 heteroatoms. The molecule has 2 rings (SSSR count). The SMILES string of the molecule is COc1ccc(N([C@@H](C)C(=O)Nc2cccc(N(C)S(C)(=O)=O)c2)S(C)(=O)=O)cc1Cl. The molecule has 0 unspecified atom stereocenters. The molecule has 1 N–H and O–H groups in total. The summed E-state index contributed by atoms with van der Waals surface area (Å²) < 4.78 is 55.5. The Morgan fingerprint density at radius 2 is 1.68 bits per heavy atom. The van der Waals surface area contributed by atoms with Crippen molar-refractivity contribution < 1.29 is 26.4 Å². The first-order valence-electron chi connectivity index (χ1n) is 8.93. The molecule has 0 saturated heterocycles. The lowest BCUT2D eigenvalue weighted by atomic mass is 10.2. The summed E-state index contributed by atoms with van der Waals surface area (Å²) >= 11 is 6.12. The van der Waals surface area contributed by atoms with E-state index >= 15 is 0 Å². The highest BCUT2D eigenvalue weighted by atomic mass is 35.5. The number of halogens is 1. The van der Waals surface area contributed by atoms with Crippen molar-refractivity contribution >= 4 is 54.6 Å². The number of hydrogen-bond acceptors (Lipinski definition) is 6. The van der Waals surface area contributed by atoms with E-state index in [1.165, 1.54) is 45.3 Å². The number of hydrogen-bond donors (Lipinski definition) is 1. The van der Waals surface area contributed by atoms with Crippen LogP contribution in [0.15, 0.2) is 42.5 Å². The second kappa shape index (κ2) is 9.33. The monoisotopic (exact) mass is 489 g/mol. The summed E-state index contributed by atoms with van der Waals surface area (Å²) in [5.41, 5.74) is 0.849. The van der Waals surface area contributed by atoms with E-state index in [0.717, 1.165) is 21.1 Å². The van der Waals surface area contributed by atoms with Gasteiger partial charge in [-0.2, -0.15) is 0 Å². The first kappa shape index (κ1) is 24.8.